The van der Waals surface area contributed by atoms with Crippen molar-refractivity contribution in [1.29, 1.82) is 0 Å². The Labute approximate surface area is 149 Å². The first kappa shape index (κ1) is 19.8. The Balaban J connectivity index is 2.07. The van der Waals surface area contributed by atoms with Crippen LogP contribution in [0.25, 0.3) is 0 Å². The third-order valence-electron chi connectivity index (χ3n) is 4.71. The van der Waals surface area contributed by atoms with E-state index < -0.39 is 21.9 Å². The zero-order valence-corrected chi connectivity index (χ0v) is 15.7. The van der Waals surface area contributed by atoms with Crippen LogP contribution in [0.1, 0.15) is 26.2 Å². The predicted octanol–water partition coefficient (Wildman–Crippen LogP) is 1.44. The molecule has 6 nitrogen and oxygen atoms in total. The molecule has 0 spiro atoms. The van der Waals surface area contributed by atoms with Gasteiger partial charge < -0.3 is 9.80 Å². The fourth-order valence-corrected chi connectivity index (χ4v) is 4.26. The SMILES string of the molecule is CCC(NS(=O)(=O)c1ccc(F)cc1)C(=O)N(C)C1CCN(C)CC1. The van der Waals surface area contributed by atoms with E-state index >= 15 is 0 Å². The van der Waals surface area contributed by atoms with Crippen molar-refractivity contribution >= 4 is 15.9 Å². The van der Waals surface area contributed by atoms with Crippen LogP contribution in [-0.2, 0) is 14.8 Å². The maximum absolute atomic E-state index is 13.0. The Bertz CT molecular complexity index is 686. The molecule has 1 aromatic rings. The van der Waals surface area contributed by atoms with Gasteiger partial charge in [0.05, 0.1) is 4.90 Å². The van der Waals surface area contributed by atoms with E-state index in [1.165, 1.54) is 12.1 Å². The van der Waals surface area contributed by atoms with Crippen LogP contribution in [0.15, 0.2) is 29.2 Å². The molecule has 0 aliphatic carbocycles. The van der Waals surface area contributed by atoms with E-state index in [0.717, 1.165) is 38.1 Å². The fourth-order valence-electron chi connectivity index (χ4n) is 2.99. The minimum Gasteiger partial charge on any atom is -0.341 e. The summed E-state index contributed by atoms with van der Waals surface area (Å²) in [4.78, 5) is 16.6. The lowest BCUT2D eigenvalue weighted by atomic mass is 10.0. The summed E-state index contributed by atoms with van der Waals surface area (Å²) in [6, 6.07) is 3.84. The standard InChI is InChI=1S/C17H26FN3O3S/c1-4-16(17(22)21(3)14-9-11-20(2)12-10-14)19-25(23,24)15-7-5-13(18)6-8-15/h5-8,14,16,19H,4,9-12H2,1-3H3. The van der Waals surface area contributed by atoms with Gasteiger partial charge in [-0.25, -0.2) is 12.8 Å². The molecule has 25 heavy (non-hydrogen) atoms. The number of nitrogens with one attached hydrogen (secondary N) is 1. The summed E-state index contributed by atoms with van der Waals surface area (Å²) < 4.78 is 40.3. The zero-order valence-electron chi connectivity index (χ0n) is 14.9. The summed E-state index contributed by atoms with van der Waals surface area (Å²) in [6.07, 6.45) is 2.09. The minimum atomic E-state index is -3.88. The average Bonchev–Trinajstić information content (AvgIpc) is 2.59. The molecule has 2 rings (SSSR count). The minimum absolute atomic E-state index is 0.0536. The van der Waals surface area contributed by atoms with Crippen LogP contribution in [0.4, 0.5) is 4.39 Å². The highest BCUT2D eigenvalue weighted by Gasteiger charge is 2.31. The van der Waals surface area contributed by atoms with Gasteiger partial charge in [0.1, 0.15) is 11.9 Å². The molecule has 0 saturated carbocycles. The van der Waals surface area contributed by atoms with Crippen LogP contribution in [0.5, 0.6) is 0 Å². The quantitative estimate of drug-likeness (QED) is 0.821. The molecule has 1 amide bonds. The van der Waals surface area contributed by atoms with Crippen molar-refractivity contribution in [1.82, 2.24) is 14.5 Å². The highest BCUT2D eigenvalue weighted by molar-refractivity contribution is 7.89. The van der Waals surface area contributed by atoms with Crippen LogP contribution < -0.4 is 4.72 Å². The van der Waals surface area contributed by atoms with Crippen molar-refractivity contribution in [3.05, 3.63) is 30.1 Å². The molecular weight excluding hydrogens is 345 g/mol. The lowest BCUT2D eigenvalue weighted by molar-refractivity contribution is -0.134. The molecule has 1 heterocycles. The molecule has 0 aromatic heterocycles. The summed E-state index contributed by atoms with van der Waals surface area (Å²) in [6.45, 7) is 3.60. The van der Waals surface area contributed by atoms with E-state index in [1.807, 2.05) is 7.05 Å². The summed E-state index contributed by atoms with van der Waals surface area (Å²) in [5, 5.41) is 0. The Morgan fingerprint density at radius 2 is 1.88 bits per heavy atom. The molecule has 8 heteroatoms. The fraction of sp³-hybridized carbons (Fsp3) is 0.588. The molecule has 0 radical (unpaired) electrons. The van der Waals surface area contributed by atoms with Crippen LogP contribution in [0.3, 0.4) is 0 Å². The third kappa shape index (κ3) is 4.99. The molecule has 1 unspecified atom stereocenters. The maximum atomic E-state index is 13.0. The number of sulfonamides is 1. The van der Waals surface area contributed by atoms with E-state index in [2.05, 4.69) is 9.62 Å². The first-order valence-electron chi connectivity index (χ1n) is 8.47. The van der Waals surface area contributed by atoms with Gasteiger partial charge in [-0.15, -0.1) is 0 Å². The molecular formula is C17H26FN3O3S. The Kier molecular flexibility index (Phi) is 6.53. The number of rotatable bonds is 6. The molecule has 1 atom stereocenters. The first-order chi connectivity index (χ1) is 11.7. The number of carbonyl (C=O) groups excluding carboxylic acids is 1. The molecule has 1 fully saturated rings. The second kappa shape index (κ2) is 8.25. The van der Waals surface area contributed by atoms with Gasteiger partial charge in [0, 0.05) is 13.1 Å². The second-order valence-corrected chi connectivity index (χ2v) is 8.23. The number of hydrogen-bond donors (Lipinski definition) is 1. The van der Waals surface area contributed by atoms with Gasteiger partial charge in [-0.2, -0.15) is 4.72 Å². The van der Waals surface area contributed by atoms with Gasteiger partial charge >= 0.3 is 0 Å². The maximum Gasteiger partial charge on any atom is 0.241 e. The number of benzene rings is 1. The van der Waals surface area contributed by atoms with Gasteiger partial charge in [0.25, 0.3) is 0 Å². The topological polar surface area (TPSA) is 69.7 Å². The third-order valence-corrected chi connectivity index (χ3v) is 6.20. The van der Waals surface area contributed by atoms with Gasteiger partial charge in [-0.3, -0.25) is 4.79 Å². The Hall–Kier alpha value is -1.51. The van der Waals surface area contributed by atoms with Crippen LogP contribution in [0.2, 0.25) is 0 Å². The number of carbonyl (C=O) groups is 1. The van der Waals surface area contributed by atoms with Crippen LogP contribution in [-0.4, -0.2) is 63.4 Å². The Morgan fingerprint density at radius 1 is 1.32 bits per heavy atom. The van der Waals surface area contributed by atoms with E-state index in [1.54, 1.807) is 18.9 Å². The molecule has 140 valence electrons. The highest BCUT2D eigenvalue weighted by Crippen LogP contribution is 2.17. The van der Waals surface area contributed by atoms with Crippen molar-refractivity contribution in [3.63, 3.8) is 0 Å². The lowest BCUT2D eigenvalue weighted by Gasteiger charge is -2.36. The van der Waals surface area contributed by atoms with Crippen molar-refractivity contribution in [2.45, 2.75) is 43.2 Å². The first-order valence-corrected chi connectivity index (χ1v) is 9.96. The number of likely N-dealkylation sites (N-methyl/N-ethyl adjacent to an activating group) is 1. The average molecular weight is 371 g/mol. The van der Waals surface area contributed by atoms with Crippen molar-refractivity contribution in [3.8, 4) is 0 Å². The number of hydrogen-bond acceptors (Lipinski definition) is 4. The monoisotopic (exact) mass is 371 g/mol. The van der Waals surface area contributed by atoms with Crippen LogP contribution >= 0.6 is 0 Å². The second-order valence-electron chi connectivity index (χ2n) is 6.52. The normalized spacial score (nSPS) is 18.1. The van der Waals surface area contributed by atoms with Gasteiger partial charge in [0.2, 0.25) is 15.9 Å². The van der Waals surface area contributed by atoms with E-state index in [-0.39, 0.29) is 16.8 Å². The molecule has 1 aliphatic heterocycles. The van der Waals surface area contributed by atoms with E-state index in [9.17, 15) is 17.6 Å². The summed E-state index contributed by atoms with van der Waals surface area (Å²) in [5.74, 6) is -0.744. The number of nitrogens with zero attached hydrogens (tertiary/aromatic N) is 2. The lowest BCUT2D eigenvalue weighted by Crippen LogP contribution is -2.52. The number of amides is 1. The van der Waals surface area contributed by atoms with E-state index in [0.29, 0.717) is 6.42 Å². The largest absolute Gasteiger partial charge is 0.341 e. The van der Waals surface area contributed by atoms with Gasteiger partial charge in [-0.05, 0) is 63.7 Å². The van der Waals surface area contributed by atoms with Crippen molar-refractivity contribution in [2.75, 3.05) is 27.2 Å². The number of halogens is 1. The zero-order chi connectivity index (χ0) is 18.6. The van der Waals surface area contributed by atoms with E-state index in [4.69, 9.17) is 0 Å². The molecule has 0 bridgehead atoms. The summed E-state index contributed by atoms with van der Waals surface area (Å²) in [5.41, 5.74) is 0. The molecule has 1 aliphatic rings. The molecule has 1 N–H and O–H groups in total. The van der Waals surface area contributed by atoms with Crippen molar-refractivity contribution < 1.29 is 17.6 Å². The molecule has 1 saturated heterocycles. The van der Waals surface area contributed by atoms with Crippen molar-refractivity contribution in [2.24, 2.45) is 0 Å². The number of likely N-dealkylation sites (tertiary alicyclic amines) is 1. The Morgan fingerprint density at radius 3 is 2.40 bits per heavy atom. The smallest absolute Gasteiger partial charge is 0.241 e. The van der Waals surface area contributed by atoms with Crippen LogP contribution in [0, 0.1) is 5.82 Å². The number of piperidine rings is 1. The summed E-state index contributed by atoms with van der Waals surface area (Å²) in [7, 11) is -0.104. The van der Waals surface area contributed by atoms with Gasteiger partial charge in [-0.1, -0.05) is 6.92 Å². The van der Waals surface area contributed by atoms with Gasteiger partial charge in [0.15, 0.2) is 0 Å². The highest BCUT2D eigenvalue weighted by atomic mass is 32.2. The predicted molar refractivity (Wildman–Crippen MR) is 94.1 cm³/mol. The molecule has 1 aromatic carbocycles. The summed E-state index contributed by atoms with van der Waals surface area (Å²) >= 11 is 0.